The quantitative estimate of drug-likeness (QED) is 0.219. The van der Waals surface area contributed by atoms with Crippen molar-refractivity contribution in [1.29, 1.82) is 0 Å². The zero-order valence-corrected chi connectivity index (χ0v) is 26.9. The van der Waals surface area contributed by atoms with Gasteiger partial charge in [0.25, 0.3) is 5.91 Å². The zero-order chi connectivity index (χ0) is 32.0. The lowest BCUT2D eigenvalue weighted by atomic mass is 10.0. The van der Waals surface area contributed by atoms with Gasteiger partial charge in [0.2, 0.25) is 0 Å². The number of benzene rings is 2. The fourth-order valence-corrected chi connectivity index (χ4v) is 6.57. The van der Waals surface area contributed by atoms with Gasteiger partial charge < -0.3 is 15.1 Å². The largest absolute Gasteiger partial charge is 0.418 e. The van der Waals surface area contributed by atoms with Crippen LogP contribution in [0.4, 0.5) is 28.9 Å². The number of carbonyl (C=O) groups excluding carboxylic acids is 1. The van der Waals surface area contributed by atoms with Crippen molar-refractivity contribution in [3.05, 3.63) is 82.1 Å². The number of piperazine rings is 1. The molecular weight excluding hydrogens is 589 g/mol. The number of hydrogen-bond acceptors (Lipinski definition) is 5. The third-order valence-electron chi connectivity index (χ3n) is 7.70. The van der Waals surface area contributed by atoms with Gasteiger partial charge in [-0.3, -0.25) is 15.1 Å². The Morgan fingerprint density at radius 2 is 1.82 bits per heavy atom. The molecule has 6 nitrogen and oxygen atoms in total. The lowest BCUT2D eigenvalue weighted by Crippen LogP contribution is -2.45. The van der Waals surface area contributed by atoms with E-state index >= 15 is 0 Å². The van der Waals surface area contributed by atoms with E-state index in [0.717, 1.165) is 24.6 Å². The molecule has 2 aliphatic heterocycles. The Morgan fingerprint density at radius 3 is 2.48 bits per heavy atom. The van der Waals surface area contributed by atoms with Crippen molar-refractivity contribution >= 4 is 32.1 Å². The number of likely N-dealkylation sites (N-methyl/N-ethyl adjacent to an activating group) is 1. The molecule has 2 aromatic rings. The van der Waals surface area contributed by atoms with E-state index in [9.17, 15) is 22.4 Å². The molecule has 0 radical (unpaired) electrons. The number of nitrogens with one attached hydrogen (secondary N) is 2. The molecular formula is C33H42F4N5OP. The molecule has 2 heterocycles. The van der Waals surface area contributed by atoms with E-state index in [1.807, 2.05) is 20.2 Å². The van der Waals surface area contributed by atoms with Crippen LogP contribution in [0.2, 0.25) is 0 Å². The number of anilines is 2. The molecule has 4 rings (SSSR count). The number of nitrogens with zero attached hydrogens (tertiary/aromatic N) is 3. The zero-order valence-electron chi connectivity index (χ0n) is 25.9. The molecule has 0 aromatic heterocycles. The monoisotopic (exact) mass is 631 g/mol. The van der Waals surface area contributed by atoms with Gasteiger partial charge in [-0.1, -0.05) is 41.5 Å². The van der Waals surface area contributed by atoms with Crippen LogP contribution < -0.4 is 15.5 Å². The van der Waals surface area contributed by atoms with E-state index in [4.69, 9.17) is 0 Å². The average molecular weight is 632 g/mol. The van der Waals surface area contributed by atoms with Gasteiger partial charge in [0.15, 0.2) is 0 Å². The fourth-order valence-electron chi connectivity index (χ4n) is 5.20. The summed E-state index contributed by atoms with van der Waals surface area (Å²) in [5, 5.41) is 7.29. The molecule has 44 heavy (non-hydrogen) atoms. The summed E-state index contributed by atoms with van der Waals surface area (Å²) in [6.45, 7) is 10.5. The topological polar surface area (TPSA) is 60.0 Å². The second kappa shape index (κ2) is 14.8. The summed E-state index contributed by atoms with van der Waals surface area (Å²) < 4.78 is 57.2. The van der Waals surface area contributed by atoms with Crippen molar-refractivity contribution in [1.82, 2.24) is 10.2 Å². The molecule has 11 heteroatoms. The highest BCUT2D eigenvalue weighted by Gasteiger charge is 2.36. The van der Waals surface area contributed by atoms with Crippen molar-refractivity contribution in [2.45, 2.75) is 58.5 Å². The van der Waals surface area contributed by atoms with Crippen molar-refractivity contribution in [2.24, 2.45) is 10.9 Å². The maximum atomic E-state index is 15.0. The van der Waals surface area contributed by atoms with Gasteiger partial charge in [-0.25, -0.2) is 4.39 Å². The summed E-state index contributed by atoms with van der Waals surface area (Å²) >= 11 is 0. The summed E-state index contributed by atoms with van der Waals surface area (Å²) in [7, 11) is 2.35. The molecule has 1 fully saturated rings. The Balaban J connectivity index is 1.49. The standard InChI is InChI=1S/C33H42F4N5OP/c1-6-7-28-30(13-8-21(2)3)44-31(20-38-28)39-22(4)25-19-24(10-11-27(25)34)40-32(43)23-9-12-29(26(18-23)33(35,36)37)42-16-14-41(5)15-17-42/h7,9-13,18-22,31,39,44H,6,8,14-17H2,1-5H3,(H,40,43)/b28-7+,30-13-. The molecule has 1 amide bonds. The van der Waals surface area contributed by atoms with Gasteiger partial charge in [-0.15, -0.1) is 0 Å². The minimum Gasteiger partial charge on any atom is -0.368 e. The number of amides is 1. The molecule has 0 spiro atoms. The van der Waals surface area contributed by atoms with E-state index in [1.54, 1.807) is 4.90 Å². The van der Waals surface area contributed by atoms with Crippen LogP contribution in [0.5, 0.6) is 0 Å². The minimum absolute atomic E-state index is 0.0672. The third-order valence-corrected chi connectivity index (χ3v) is 9.10. The molecule has 2 aromatic carbocycles. The molecule has 3 atom stereocenters. The maximum Gasteiger partial charge on any atom is 0.418 e. The number of hydrogen-bond donors (Lipinski definition) is 2. The Bertz CT molecular complexity index is 1410. The Kier molecular flexibility index (Phi) is 11.4. The summed E-state index contributed by atoms with van der Waals surface area (Å²) in [6, 6.07) is 7.43. The van der Waals surface area contributed by atoms with E-state index in [0.29, 0.717) is 51.9 Å². The van der Waals surface area contributed by atoms with Crippen LogP contribution in [0.3, 0.4) is 0 Å². The molecule has 3 unspecified atom stereocenters. The van der Waals surface area contributed by atoms with Crippen LogP contribution in [0.15, 0.2) is 64.6 Å². The van der Waals surface area contributed by atoms with Crippen LogP contribution in [0.1, 0.15) is 68.1 Å². The highest BCUT2D eigenvalue weighted by atomic mass is 31.1. The molecule has 0 aliphatic carbocycles. The van der Waals surface area contributed by atoms with Gasteiger partial charge >= 0.3 is 6.18 Å². The van der Waals surface area contributed by atoms with Crippen LogP contribution >= 0.6 is 8.58 Å². The van der Waals surface area contributed by atoms with Crippen LogP contribution in [-0.2, 0) is 6.18 Å². The van der Waals surface area contributed by atoms with Crippen molar-refractivity contribution in [3.63, 3.8) is 0 Å². The molecule has 2 N–H and O–H groups in total. The molecule has 238 valence electrons. The van der Waals surface area contributed by atoms with E-state index in [-0.39, 0.29) is 17.0 Å². The highest BCUT2D eigenvalue weighted by molar-refractivity contribution is 7.45. The van der Waals surface area contributed by atoms with E-state index < -0.39 is 29.5 Å². The second-order valence-electron chi connectivity index (χ2n) is 11.7. The Hall–Kier alpha value is -3.07. The Morgan fingerprint density at radius 1 is 1.09 bits per heavy atom. The fraction of sp³-hybridized carbons (Fsp3) is 0.455. The number of rotatable bonds is 9. The van der Waals surface area contributed by atoms with Crippen LogP contribution in [0.25, 0.3) is 0 Å². The maximum absolute atomic E-state index is 15.0. The summed E-state index contributed by atoms with van der Waals surface area (Å²) in [6.07, 6.45) is 3.40. The molecule has 1 saturated heterocycles. The normalized spacial score (nSPS) is 21.0. The molecule has 0 saturated carbocycles. The number of allylic oxidation sites excluding steroid dienone is 3. The van der Waals surface area contributed by atoms with Crippen molar-refractivity contribution < 1.29 is 22.4 Å². The first kappa shape index (κ1) is 33.8. The van der Waals surface area contributed by atoms with E-state index in [2.05, 4.69) is 53.4 Å². The lowest BCUT2D eigenvalue weighted by molar-refractivity contribution is -0.137. The first-order valence-corrected chi connectivity index (χ1v) is 16.2. The first-order valence-electron chi connectivity index (χ1n) is 15.1. The van der Waals surface area contributed by atoms with Crippen molar-refractivity contribution in [3.8, 4) is 0 Å². The summed E-state index contributed by atoms with van der Waals surface area (Å²) in [5.41, 5.74) is 0.715. The smallest absolute Gasteiger partial charge is 0.368 e. The van der Waals surface area contributed by atoms with Gasteiger partial charge in [-0.2, -0.15) is 13.2 Å². The van der Waals surface area contributed by atoms with E-state index in [1.165, 1.54) is 35.6 Å². The van der Waals surface area contributed by atoms with Gasteiger partial charge in [0.05, 0.1) is 17.0 Å². The second-order valence-corrected chi connectivity index (χ2v) is 13.2. The van der Waals surface area contributed by atoms with Gasteiger partial charge in [-0.05, 0) is 74.4 Å². The van der Waals surface area contributed by atoms with Crippen molar-refractivity contribution in [2.75, 3.05) is 43.4 Å². The minimum atomic E-state index is -4.63. The van der Waals surface area contributed by atoms with Gasteiger partial charge in [0, 0.05) is 60.9 Å². The predicted octanol–water partition coefficient (Wildman–Crippen LogP) is 7.81. The first-order chi connectivity index (χ1) is 20.8. The summed E-state index contributed by atoms with van der Waals surface area (Å²) in [5.74, 6) is -0.713. The SMILES string of the molecule is CC/C=C1/N=CC(NC(C)c2cc(NC(=O)c3ccc(N4CCN(C)CC4)c(C(F)(F)F)c3)ccc2F)P/C1=C\CC(C)C. The highest BCUT2D eigenvalue weighted by Crippen LogP contribution is 2.40. The number of aliphatic imine (C=N–C) groups is 1. The average Bonchev–Trinajstić information content (AvgIpc) is 2.97. The van der Waals surface area contributed by atoms with Gasteiger partial charge in [0.1, 0.15) is 5.82 Å². The predicted molar refractivity (Wildman–Crippen MR) is 174 cm³/mol. The number of halogens is 4. The third kappa shape index (κ3) is 8.77. The lowest BCUT2D eigenvalue weighted by Gasteiger charge is -2.35. The van der Waals surface area contributed by atoms with Crippen LogP contribution in [0, 0.1) is 11.7 Å². The van der Waals surface area contributed by atoms with Crippen LogP contribution in [-0.4, -0.2) is 56.0 Å². The Labute approximate surface area is 259 Å². The molecule has 0 bridgehead atoms. The molecule has 2 aliphatic rings. The number of alkyl halides is 3. The summed E-state index contributed by atoms with van der Waals surface area (Å²) in [4.78, 5) is 21.5. The number of carbonyl (C=O) groups is 1.